The standard InChI is InChI=1S/C20H21N3O3S/c1-14-2-5-16(6-3-14)26-13-19(24)22-20-21-17-7-4-15(12-18(17)27-20)23-8-10-25-11-9-23/h2-7,12H,8-11,13H2,1H3,(H,21,22,24). The molecule has 2 aromatic carbocycles. The monoisotopic (exact) mass is 383 g/mol. The highest BCUT2D eigenvalue weighted by atomic mass is 32.1. The fourth-order valence-electron chi connectivity index (χ4n) is 2.92. The Morgan fingerprint density at radius 2 is 2.00 bits per heavy atom. The number of nitrogens with one attached hydrogen (secondary N) is 1. The second kappa shape index (κ2) is 7.94. The van der Waals surface area contributed by atoms with Crippen molar-refractivity contribution < 1.29 is 14.3 Å². The maximum atomic E-state index is 12.2. The lowest BCUT2D eigenvalue weighted by Crippen LogP contribution is -2.36. The summed E-state index contributed by atoms with van der Waals surface area (Å²) in [6.45, 7) is 5.26. The topological polar surface area (TPSA) is 63.7 Å². The average molecular weight is 383 g/mol. The van der Waals surface area contributed by atoms with Crippen LogP contribution < -0.4 is 15.0 Å². The first-order valence-corrected chi connectivity index (χ1v) is 9.72. The molecule has 1 aliphatic heterocycles. The van der Waals surface area contributed by atoms with Crippen molar-refractivity contribution in [2.75, 3.05) is 43.1 Å². The van der Waals surface area contributed by atoms with E-state index in [2.05, 4.69) is 27.3 Å². The predicted octanol–water partition coefficient (Wildman–Crippen LogP) is 3.46. The highest BCUT2D eigenvalue weighted by Crippen LogP contribution is 2.30. The Morgan fingerprint density at radius 3 is 2.78 bits per heavy atom. The summed E-state index contributed by atoms with van der Waals surface area (Å²) in [4.78, 5) is 18.9. The van der Waals surface area contributed by atoms with Gasteiger partial charge < -0.3 is 14.4 Å². The van der Waals surface area contributed by atoms with Crippen molar-refractivity contribution in [3.63, 3.8) is 0 Å². The third-order valence-corrected chi connectivity index (χ3v) is 5.32. The number of anilines is 2. The van der Waals surface area contributed by atoms with Gasteiger partial charge in [0.25, 0.3) is 5.91 Å². The molecule has 0 unspecified atom stereocenters. The SMILES string of the molecule is Cc1ccc(OCC(=O)Nc2nc3ccc(N4CCOCC4)cc3s2)cc1. The van der Waals surface area contributed by atoms with E-state index < -0.39 is 0 Å². The van der Waals surface area contributed by atoms with Crippen LogP contribution in [-0.2, 0) is 9.53 Å². The lowest BCUT2D eigenvalue weighted by atomic mass is 10.2. The van der Waals surface area contributed by atoms with E-state index in [9.17, 15) is 4.79 Å². The molecule has 1 N–H and O–H groups in total. The van der Waals surface area contributed by atoms with E-state index in [0.717, 1.165) is 47.8 Å². The lowest BCUT2D eigenvalue weighted by molar-refractivity contribution is -0.118. The average Bonchev–Trinajstić information content (AvgIpc) is 3.09. The molecule has 3 aromatic rings. The van der Waals surface area contributed by atoms with Gasteiger partial charge in [-0.15, -0.1) is 0 Å². The molecule has 0 atom stereocenters. The number of rotatable bonds is 5. The van der Waals surface area contributed by atoms with Gasteiger partial charge in [0, 0.05) is 18.8 Å². The number of carbonyl (C=O) groups excluding carboxylic acids is 1. The minimum atomic E-state index is -0.219. The lowest BCUT2D eigenvalue weighted by Gasteiger charge is -2.28. The quantitative estimate of drug-likeness (QED) is 0.731. The second-order valence-corrected chi connectivity index (χ2v) is 7.45. The third-order valence-electron chi connectivity index (χ3n) is 4.39. The van der Waals surface area contributed by atoms with E-state index in [4.69, 9.17) is 9.47 Å². The zero-order valence-electron chi connectivity index (χ0n) is 15.1. The van der Waals surface area contributed by atoms with Crippen molar-refractivity contribution in [1.29, 1.82) is 0 Å². The van der Waals surface area contributed by atoms with Gasteiger partial charge in [0.05, 0.1) is 23.4 Å². The van der Waals surface area contributed by atoms with Gasteiger partial charge in [0.2, 0.25) is 0 Å². The van der Waals surface area contributed by atoms with Crippen molar-refractivity contribution >= 4 is 38.3 Å². The molecule has 1 saturated heterocycles. The van der Waals surface area contributed by atoms with Crippen LogP contribution in [0.3, 0.4) is 0 Å². The summed E-state index contributed by atoms with van der Waals surface area (Å²) in [5.41, 5.74) is 3.19. The highest BCUT2D eigenvalue weighted by Gasteiger charge is 2.14. The van der Waals surface area contributed by atoms with Crippen LogP contribution in [0.4, 0.5) is 10.8 Å². The van der Waals surface area contributed by atoms with E-state index in [1.54, 1.807) is 0 Å². The Hall–Kier alpha value is -2.64. The highest BCUT2D eigenvalue weighted by molar-refractivity contribution is 7.22. The number of hydrogen-bond donors (Lipinski definition) is 1. The molecular formula is C20H21N3O3S. The molecule has 140 valence electrons. The Morgan fingerprint density at radius 1 is 1.22 bits per heavy atom. The number of carbonyl (C=O) groups is 1. The van der Waals surface area contributed by atoms with Gasteiger partial charge in [0.1, 0.15) is 5.75 Å². The van der Waals surface area contributed by atoms with Crippen molar-refractivity contribution in [2.45, 2.75) is 6.92 Å². The fourth-order valence-corrected chi connectivity index (χ4v) is 3.84. The zero-order valence-corrected chi connectivity index (χ0v) is 15.9. The van der Waals surface area contributed by atoms with Gasteiger partial charge >= 0.3 is 0 Å². The maximum Gasteiger partial charge on any atom is 0.264 e. The van der Waals surface area contributed by atoms with Gasteiger partial charge in [-0.2, -0.15) is 0 Å². The summed E-state index contributed by atoms with van der Waals surface area (Å²) < 4.78 is 12.0. The van der Waals surface area contributed by atoms with E-state index >= 15 is 0 Å². The fraction of sp³-hybridized carbons (Fsp3) is 0.300. The molecule has 1 fully saturated rings. The predicted molar refractivity (Wildman–Crippen MR) is 108 cm³/mol. The summed E-state index contributed by atoms with van der Waals surface area (Å²) in [6, 6.07) is 13.8. The minimum Gasteiger partial charge on any atom is -0.484 e. The van der Waals surface area contributed by atoms with Gasteiger partial charge in [-0.25, -0.2) is 4.98 Å². The van der Waals surface area contributed by atoms with Crippen LogP contribution >= 0.6 is 11.3 Å². The Kier molecular flexibility index (Phi) is 5.22. The third kappa shape index (κ3) is 4.37. The summed E-state index contributed by atoms with van der Waals surface area (Å²) in [7, 11) is 0. The number of nitrogens with zero attached hydrogens (tertiary/aromatic N) is 2. The number of thiazole rings is 1. The number of fused-ring (bicyclic) bond motifs is 1. The largest absolute Gasteiger partial charge is 0.484 e. The molecular weight excluding hydrogens is 362 g/mol. The molecule has 4 rings (SSSR count). The molecule has 1 aromatic heterocycles. The zero-order chi connectivity index (χ0) is 18.6. The molecule has 7 heteroatoms. The molecule has 0 spiro atoms. The van der Waals surface area contributed by atoms with Crippen molar-refractivity contribution in [3.05, 3.63) is 48.0 Å². The van der Waals surface area contributed by atoms with Crippen LogP contribution in [0, 0.1) is 6.92 Å². The Bertz CT molecular complexity index is 933. The first kappa shape index (κ1) is 17.8. The van der Waals surface area contributed by atoms with E-state index in [-0.39, 0.29) is 12.5 Å². The molecule has 0 aliphatic carbocycles. The van der Waals surface area contributed by atoms with Gasteiger partial charge in [0.15, 0.2) is 11.7 Å². The molecule has 2 heterocycles. The Labute approximate surface area is 161 Å². The number of amides is 1. The normalized spacial score (nSPS) is 14.3. The number of benzene rings is 2. The van der Waals surface area contributed by atoms with Crippen LogP contribution in [0.2, 0.25) is 0 Å². The summed E-state index contributed by atoms with van der Waals surface area (Å²) >= 11 is 1.47. The van der Waals surface area contributed by atoms with Crippen LogP contribution in [0.5, 0.6) is 5.75 Å². The van der Waals surface area contributed by atoms with Crippen molar-refractivity contribution in [1.82, 2.24) is 4.98 Å². The number of hydrogen-bond acceptors (Lipinski definition) is 6. The summed E-state index contributed by atoms with van der Waals surface area (Å²) in [5, 5.41) is 3.41. The molecule has 0 radical (unpaired) electrons. The van der Waals surface area contributed by atoms with E-state index in [1.165, 1.54) is 11.3 Å². The van der Waals surface area contributed by atoms with Crippen LogP contribution in [-0.4, -0.2) is 43.8 Å². The number of aromatic nitrogens is 1. The smallest absolute Gasteiger partial charge is 0.264 e. The number of aryl methyl sites for hydroxylation is 1. The van der Waals surface area contributed by atoms with Gasteiger partial charge in [-0.3, -0.25) is 10.1 Å². The molecule has 0 saturated carbocycles. The first-order valence-electron chi connectivity index (χ1n) is 8.90. The summed E-state index contributed by atoms with van der Waals surface area (Å²) in [6.07, 6.45) is 0. The molecule has 1 amide bonds. The molecule has 0 bridgehead atoms. The number of morpholine rings is 1. The maximum absolute atomic E-state index is 12.2. The van der Waals surface area contributed by atoms with Gasteiger partial charge in [-0.05, 0) is 37.3 Å². The van der Waals surface area contributed by atoms with Crippen LogP contribution in [0.1, 0.15) is 5.56 Å². The van der Waals surface area contributed by atoms with Gasteiger partial charge in [-0.1, -0.05) is 29.0 Å². The van der Waals surface area contributed by atoms with E-state index in [1.807, 2.05) is 37.3 Å². The molecule has 6 nitrogen and oxygen atoms in total. The minimum absolute atomic E-state index is 0.0436. The van der Waals surface area contributed by atoms with Crippen molar-refractivity contribution in [3.8, 4) is 5.75 Å². The first-order chi connectivity index (χ1) is 13.2. The van der Waals surface area contributed by atoms with Crippen LogP contribution in [0.15, 0.2) is 42.5 Å². The molecule has 1 aliphatic rings. The van der Waals surface area contributed by atoms with Crippen molar-refractivity contribution in [2.24, 2.45) is 0 Å². The second-order valence-electron chi connectivity index (χ2n) is 6.42. The summed E-state index contributed by atoms with van der Waals surface area (Å²) in [5.74, 6) is 0.457. The molecule has 27 heavy (non-hydrogen) atoms. The van der Waals surface area contributed by atoms with Crippen LogP contribution in [0.25, 0.3) is 10.2 Å². The number of ether oxygens (including phenoxy) is 2. The van der Waals surface area contributed by atoms with E-state index in [0.29, 0.717) is 10.9 Å². The Balaban J connectivity index is 1.39.